The second kappa shape index (κ2) is 8.98. The molecule has 0 heterocycles. The molecule has 5 heteroatoms. The van der Waals surface area contributed by atoms with E-state index in [4.69, 9.17) is 18.9 Å². The molecule has 0 amide bonds. The normalized spacial score (nSPS) is 11.1. The van der Waals surface area contributed by atoms with Crippen molar-refractivity contribution >= 4 is 44.1 Å². The van der Waals surface area contributed by atoms with Gasteiger partial charge in [-0.2, -0.15) is 0 Å². The zero-order chi connectivity index (χ0) is 20.2. The van der Waals surface area contributed by atoms with E-state index in [0.29, 0.717) is 0 Å². The monoisotopic (exact) mass is 500 g/mol. The van der Waals surface area contributed by atoms with Gasteiger partial charge in [0.05, 0.1) is 3.57 Å². The molecule has 4 aromatic carbocycles. The Morgan fingerprint density at radius 2 is 1.31 bits per heavy atom. The molecule has 4 nitrogen and oxygen atoms in total. The lowest BCUT2D eigenvalue weighted by atomic mass is 9.92. The van der Waals surface area contributed by atoms with E-state index in [1.165, 1.54) is 0 Å². The quantitative estimate of drug-likeness (QED) is 0.223. The molecule has 0 spiro atoms. The van der Waals surface area contributed by atoms with Crippen molar-refractivity contribution < 1.29 is 18.9 Å². The highest BCUT2D eigenvalue weighted by Crippen LogP contribution is 2.47. The van der Waals surface area contributed by atoms with Crippen molar-refractivity contribution in [3.05, 3.63) is 70.3 Å². The fourth-order valence-electron chi connectivity index (χ4n) is 3.55. The fourth-order valence-corrected chi connectivity index (χ4v) is 4.31. The molecule has 0 saturated heterocycles. The molecular formula is C24H21IO4. The minimum absolute atomic E-state index is 0.167. The summed E-state index contributed by atoms with van der Waals surface area (Å²) in [5, 5.41) is 4.46. The van der Waals surface area contributed by atoms with Crippen LogP contribution in [0.25, 0.3) is 32.7 Å². The number of rotatable bonds is 7. The van der Waals surface area contributed by atoms with Gasteiger partial charge in [0.2, 0.25) is 0 Å². The summed E-state index contributed by atoms with van der Waals surface area (Å²) in [4.78, 5) is 0. The maximum absolute atomic E-state index is 6.07. The molecular weight excluding hydrogens is 479 g/mol. The first-order chi connectivity index (χ1) is 14.2. The Labute approximate surface area is 183 Å². The number of ether oxygens (including phenoxy) is 4. The van der Waals surface area contributed by atoms with E-state index >= 15 is 0 Å². The smallest absolute Gasteiger partial charge is 0.188 e. The maximum atomic E-state index is 6.07. The second-order valence-corrected chi connectivity index (χ2v) is 7.71. The van der Waals surface area contributed by atoms with Gasteiger partial charge in [-0.05, 0) is 56.3 Å². The highest BCUT2D eigenvalue weighted by molar-refractivity contribution is 14.1. The maximum Gasteiger partial charge on any atom is 0.188 e. The highest BCUT2D eigenvalue weighted by Gasteiger charge is 2.21. The molecule has 0 N–H and O–H groups in total. The van der Waals surface area contributed by atoms with Gasteiger partial charge in [-0.25, -0.2) is 0 Å². The van der Waals surface area contributed by atoms with Gasteiger partial charge in [-0.1, -0.05) is 54.6 Å². The Balaban J connectivity index is 2.11. The van der Waals surface area contributed by atoms with Crippen LogP contribution in [-0.2, 0) is 9.47 Å². The summed E-state index contributed by atoms with van der Waals surface area (Å²) in [7, 11) is 3.24. The van der Waals surface area contributed by atoms with Crippen molar-refractivity contribution in [3.63, 3.8) is 0 Å². The molecule has 0 aliphatic heterocycles. The summed E-state index contributed by atoms with van der Waals surface area (Å²) in [6.45, 7) is 0.335. The third-order valence-electron chi connectivity index (χ3n) is 4.75. The van der Waals surface area contributed by atoms with Crippen LogP contribution in [0.2, 0.25) is 0 Å². The third kappa shape index (κ3) is 3.90. The average Bonchev–Trinajstić information content (AvgIpc) is 2.75. The van der Waals surface area contributed by atoms with E-state index in [1.807, 2.05) is 30.3 Å². The van der Waals surface area contributed by atoms with E-state index in [2.05, 4.69) is 59.0 Å². The molecule has 0 atom stereocenters. The fraction of sp³-hybridized carbons (Fsp3) is 0.167. The minimum Gasteiger partial charge on any atom is -0.467 e. The van der Waals surface area contributed by atoms with Crippen LogP contribution < -0.4 is 9.47 Å². The molecule has 0 aromatic heterocycles. The molecule has 0 aliphatic carbocycles. The first-order valence-electron chi connectivity index (χ1n) is 9.21. The molecule has 29 heavy (non-hydrogen) atoms. The molecule has 4 rings (SSSR count). The first-order valence-corrected chi connectivity index (χ1v) is 10.3. The summed E-state index contributed by atoms with van der Waals surface area (Å²) in [6, 6.07) is 22.8. The van der Waals surface area contributed by atoms with Gasteiger partial charge in [0.25, 0.3) is 0 Å². The number of fused-ring (bicyclic) bond motifs is 2. The average molecular weight is 500 g/mol. The molecule has 148 valence electrons. The van der Waals surface area contributed by atoms with Gasteiger partial charge in [0.15, 0.2) is 13.6 Å². The molecule has 0 fully saturated rings. The van der Waals surface area contributed by atoms with Crippen molar-refractivity contribution in [1.29, 1.82) is 0 Å². The van der Waals surface area contributed by atoms with Gasteiger partial charge in [0, 0.05) is 25.3 Å². The number of halogens is 1. The van der Waals surface area contributed by atoms with Crippen LogP contribution in [0.5, 0.6) is 11.5 Å². The molecule has 0 unspecified atom stereocenters. The van der Waals surface area contributed by atoms with E-state index < -0.39 is 0 Å². The summed E-state index contributed by atoms with van der Waals surface area (Å²) in [5.74, 6) is 1.53. The van der Waals surface area contributed by atoms with Crippen LogP contribution in [0.1, 0.15) is 0 Å². The van der Waals surface area contributed by atoms with Gasteiger partial charge < -0.3 is 18.9 Å². The Bertz CT molecular complexity index is 1160. The number of hydrogen-bond donors (Lipinski definition) is 0. The van der Waals surface area contributed by atoms with Gasteiger partial charge in [0.1, 0.15) is 11.5 Å². The Morgan fingerprint density at radius 1 is 0.690 bits per heavy atom. The van der Waals surface area contributed by atoms with Gasteiger partial charge in [-0.15, -0.1) is 0 Å². The summed E-state index contributed by atoms with van der Waals surface area (Å²) in [5.41, 5.74) is 1.98. The summed E-state index contributed by atoms with van der Waals surface area (Å²) < 4.78 is 23.5. The Hall–Kier alpha value is -2.35. The van der Waals surface area contributed by atoms with Gasteiger partial charge in [-0.3, -0.25) is 0 Å². The van der Waals surface area contributed by atoms with Crippen molar-refractivity contribution in [2.24, 2.45) is 0 Å². The largest absolute Gasteiger partial charge is 0.467 e. The van der Waals surface area contributed by atoms with Crippen molar-refractivity contribution in [2.75, 3.05) is 27.8 Å². The SMILES string of the molecule is COCOc1ccc2ccccc2c1-c1c(OCOC)c(I)cc2ccccc12. The summed E-state index contributed by atoms with van der Waals surface area (Å²) in [6.07, 6.45) is 0. The van der Waals surface area contributed by atoms with Crippen LogP contribution >= 0.6 is 22.6 Å². The first kappa shape index (κ1) is 19.9. The van der Waals surface area contributed by atoms with Crippen LogP contribution in [0.3, 0.4) is 0 Å². The lowest BCUT2D eigenvalue weighted by molar-refractivity contribution is 0.0498. The van der Waals surface area contributed by atoms with Crippen molar-refractivity contribution in [2.45, 2.75) is 0 Å². The zero-order valence-corrected chi connectivity index (χ0v) is 18.4. The van der Waals surface area contributed by atoms with Gasteiger partial charge >= 0.3 is 0 Å². The lowest BCUT2D eigenvalue weighted by Gasteiger charge is -2.20. The lowest BCUT2D eigenvalue weighted by Crippen LogP contribution is -2.05. The topological polar surface area (TPSA) is 36.9 Å². The second-order valence-electron chi connectivity index (χ2n) is 6.55. The standard InChI is InChI=1S/C24H21IO4/c1-26-14-28-21-12-11-16-7-3-5-9-18(16)22(21)23-19-10-6-4-8-17(19)13-20(25)24(23)29-15-27-2/h3-13H,14-15H2,1-2H3. The highest BCUT2D eigenvalue weighted by atomic mass is 127. The minimum atomic E-state index is 0.167. The van der Waals surface area contributed by atoms with Crippen molar-refractivity contribution in [3.8, 4) is 22.6 Å². The number of methoxy groups -OCH3 is 2. The van der Waals surface area contributed by atoms with Crippen molar-refractivity contribution in [1.82, 2.24) is 0 Å². The Kier molecular flexibility index (Phi) is 6.18. The molecule has 0 saturated carbocycles. The number of benzene rings is 4. The summed E-state index contributed by atoms with van der Waals surface area (Å²) >= 11 is 2.32. The van der Waals surface area contributed by atoms with Crippen LogP contribution in [-0.4, -0.2) is 27.8 Å². The molecule has 4 aromatic rings. The molecule has 0 aliphatic rings. The van der Waals surface area contributed by atoms with E-state index in [1.54, 1.807) is 14.2 Å². The van der Waals surface area contributed by atoms with E-state index in [-0.39, 0.29) is 13.6 Å². The Morgan fingerprint density at radius 3 is 2.03 bits per heavy atom. The third-order valence-corrected chi connectivity index (χ3v) is 5.55. The van der Waals surface area contributed by atoms with Crippen LogP contribution in [0.15, 0.2) is 66.7 Å². The van der Waals surface area contributed by atoms with E-state index in [9.17, 15) is 0 Å². The van der Waals surface area contributed by atoms with Crippen LogP contribution in [0, 0.1) is 3.57 Å². The van der Waals surface area contributed by atoms with Crippen LogP contribution in [0.4, 0.5) is 0 Å². The number of hydrogen-bond acceptors (Lipinski definition) is 4. The predicted molar refractivity (Wildman–Crippen MR) is 125 cm³/mol. The predicted octanol–water partition coefficient (Wildman–Crippen LogP) is 6.23. The molecule has 0 bridgehead atoms. The molecule has 0 radical (unpaired) electrons. The van der Waals surface area contributed by atoms with E-state index in [0.717, 1.165) is 47.7 Å². The zero-order valence-electron chi connectivity index (χ0n) is 16.3.